The first-order chi connectivity index (χ1) is 7.61. The summed E-state index contributed by atoms with van der Waals surface area (Å²) < 4.78 is 4.84. The van der Waals surface area contributed by atoms with Gasteiger partial charge in [-0.15, -0.1) is 0 Å². The maximum atomic E-state index is 11.5. The monoisotopic (exact) mass is 240 g/mol. The molecule has 0 aliphatic carbocycles. The Morgan fingerprint density at radius 3 is 2.44 bits per heavy atom. The fourth-order valence-corrected chi connectivity index (χ4v) is 1.61. The summed E-state index contributed by atoms with van der Waals surface area (Å²) in [6.07, 6.45) is 0.353. The maximum absolute atomic E-state index is 11.5. The number of carbonyl (C=O) groups excluding carboxylic acids is 2. The molecule has 0 bridgehead atoms. The molecule has 86 valence electrons. The van der Waals surface area contributed by atoms with Crippen LogP contribution in [-0.4, -0.2) is 18.4 Å². The highest BCUT2D eigenvalue weighted by molar-refractivity contribution is 6.36. The molecule has 1 rings (SSSR count). The van der Waals surface area contributed by atoms with E-state index in [-0.39, 0.29) is 23.0 Å². The predicted octanol–water partition coefficient (Wildman–Crippen LogP) is 3.11. The second-order valence-electron chi connectivity index (χ2n) is 3.16. The lowest BCUT2D eigenvalue weighted by molar-refractivity contribution is 0.0526. The van der Waals surface area contributed by atoms with Crippen LogP contribution in [0.2, 0.25) is 5.02 Å². The Bertz CT molecular complexity index is 413. The van der Waals surface area contributed by atoms with E-state index >= 15 is 0 Å². The highest BCUT2D eigenvalue weighted by atomic mass is 35.5. The van der Waals surface area contributed by atoms with E-state index in [2.05, 4.69) is 0 Å². The lowest BCUT2D eigenvalue weighted by Gasteiger charge is -2.07. The molecule has 0 saturated heterocycles. The van der Waals surface area contributed by atoms with E-state index in [4.69, 9.17) is 16.3 Å². The molecule has 0 spiro atoms. The van der Waals surface area contributed by atoms with Gasteiger partial charge in [0.25, 0.3) is 0 Å². The third-order valence-electron chi connectivity index (χ3n) is 2.12. The molecule has 1 aromatic carbocycles. The van der Waals surface area contributed by atoms with Crippen molar-refractivity contribution < 1.29 is 14.3 Å². The largest absolute Gasteiger partial charge is 0.462 e. The van der Waals surface area contributed by atoms with Crippen molar-refractivity contribution in [2.75, 3.05) is 6.61 Å². The number of hydrogen-bond acceptors (Lipinski definition) is 3. The first-order valence-electron chi connectivity index (χ1n) is 5.10. The molecule has 0 N–H and O–H groups in total. The van der Waals surface area contributed by atoms with Crippen LogP contribution in [0.15, 0.2) is 18.2 Å². The molecule has 0 fully saturated rings. The second kappa shape index (κ2) is 5.66. The zero-order chi connectivity index (χ0) is 12.1. The molecule has 0 radical (unpaired) electrons. The van der Waals surface area contributed by atoms with E-state index in [9.17, 15) is 9.59 Å². The third kappa shape index (κ3) is 2.61. The van der Waals surface area contributed by atoms with Gasteiger partial charge in [0.2, 0.25) is 0 Å². The van der Waals surface area contributed by atoms with E-state index in [1.54, 1.807) is 32.0 Å². The highest BCUT2D eigenvalue weighted by Gasteiger charge is 2.17. The average molecular weight is 241 g/mol. The van der Waals surface area contributed by atoms with Gasteiger partial charge in [0.05, 0.1) is 17.2 Å². The van der Waals surface area contributed by atoms with Gasteiger partial charge in [-0.1, -0.05) is 24.6 Å². The molecule has 0 amide bonds. The quantitative estimate of drug-likeness (QED) is 0.600. The molecule has 16 heavy (non-hydrogen) atoms. The van der Waals surface area contributed by atoms with E-state index in [0.29, 0.717) is 12.0 Å². The Labute approximate surface area is 99.4 Å². The van der Waals surface area contributed by atoms with E-state index < -0.39 is 5.97 Å². The van der Waals surface area contributed by atoms with Gasteiger partial charge in [-0.3, -0.25) is 4.79 Å². The first kappa shape index (κ1) is 12.7. The maximum Gasteiger partial charge on any atom is 0.339 e. The Kier molecular flexibility index (Phi) is 4.50. The second-order valence-corrected chi connectivity index (χ2v) is 3.54. The zero-order valence-electron chi connectivity index (χ0n) is 9.25. The smallest absolute Gasteiger partial charge is 0.339 e. The number of esters is 1. The summed E-state index contributed by atoms with van der Waals surface area (Å²) in [5, 5.41) is 0.174. The molecular weight excluding hydrogens is 228 g/mol. The summed E-state index contributed by atoms with van der Waals surface area (Å²) in [5.74, 6) is -0.589. The van der Waals surface area contributed by atoms with Crippen molar-refractivity contribution in [3.8, 4) is 0 Å². The number of carbonyl (C=O) groups is 2. The third-order valence-corrected chi connectivity index (χ3v) is 2.52. The van der Waals surface area contributed by atoms with Crippen LogP contribution >= 0.6 is 11.6 Å². The average Bonchev–Trinajstić information content (AvgIpc) is 2.28. The van der Waals surface area contributed by atoms with Gasteiger partial charge in [-0.2, -0.15) is 0 Å². The molecule has 0 aliphatic rings. The Morgan fingerprint density at radius 1 is 1.25 bits per heavy atom. The minimum atomic E-state index is -0.502. The molecule has 0 aliphatic heterocycles. The standard InChI is InChI=1S/C12H13ClO3/c1-3-10(14)8-6-5-7-9(11(8)13)12(15)16-4-2/h5-7H,3-4H2,1-2H3. The van der Waals surface area contributed by atoms with Crippen molar-refractivity contribution in [1.29, 1.82) is 0 Å². The number of Topliss-reactive ketones (excluding diaryl/α,β-unsaturated/α-hetero) is 1. The molecule has 1 aromatic rings. The number of rotatable bonds is 4. The summed E-state index contributed by atoms with van der Waals surface area (Å²) >= 11 is 5.99. The van der Waals surface area contributed by atoms with Crippen LogP contribution < -0.4 is 0 Å². The molecular formula is C12H13ClO3. The summed E-state index contributed by atoms with van der Waals surface area (Å²) in [4.78, 5) is 23.0. The van der Waals surface area contributed by atoms with Gasteiger partial charge in [-0.05, 0) is 19.1 Å². The summed E-state index contributed by atoms with van der Waals surface area (Å²) in [6.45, 7) is 3.74. The Morgan fingerprint density at radius 2 is 1.88 bits per heavy atom. The van der Waals surface area contributed by atoms with E-state index in [0.717, 1.165) is 0 Å². The van der Waals surface area contributed by atoms with Crippen molar-refractivity contribution in [3.05, 3.63) is 34.3 Å². The summed E-state index contributed by atoms with van der Waals surface area (Å²) in [7, 11) is 0. The van der Waals surface area contributed by atoms with E-state index in [1.165, 1.54) is 0 Å². The Hall–Kier alpha value is -1.35. The van der Waals surface area contributed by atoms with Crippen LogP contribution in [0.1, 0.15) is 41.0 Å². The number of ether oxygens (including phenoxy) is 1. The fourth-order valence-electron chi connectivity index (χ4n) is 1.30. The molecule has 0 aromatic heterocycles. The molecule has 0 atom stereocenters. The lowest BCUT2D eigenvalue weighted by Crippen LogP contribution is -2.08. The molecule has 0 saturated carbocycles. The van der Waals surface area contributed by atoms with Gasteiger partial charge in [0.1, 0.15) is 0 Å². The molecule has 0 heterocycles. The summed E-state index contributed by atoms with van der Waals surface area (Å²) in [6, 6.07) is 4.78. The minimum absolute atomic E-state index is 0.0869. The van der Waals surface area contributed by atoms with Gasteiger partial charge in [0.15, 0.2) is 5.78 Å². The van der Waals surface area contributed by atoms with Crippen molar-refractivity contribution in [2.45, 2.75) is 20.3 Å². The van der Waals surface area contributed by atoms with Crippen LogP contribution in [0.3, 0.4) is 0 Å². The molecule has 4 heteroatoms. The topological polar surface area (TPSA) is 43.4 Å². The van der Waals surface area contributed by atoms with Crippen molar-refractivity contribution in [3.63, 3.8) is 0 Å². The van der Waals surface area contributed by atoms with Crippen LogP contribution in [0, 0.1) is 0 Å². The van der Waals surface area contributed by atoms with Crippen LogP contribution in [0.5, 0.6) is 0 Å². The first-order valence-corrected chi connectivity index (χ1v) is 5.48. The zero-order valence-corrected chi connectivity index (χ0v) is 10.0. The highest BCUT2D eigenvalue weighted by Crippen LogP contribution is 2.23. The van der Waals surface area contributed by atoms with Gasteiger partial charge in [0, 0.05) is 12.0 Å². The van der Waals surface area contributed by atoms with Crippen molar-refractivity contribution >= 4 is 23.4 Å². The predicted molar refractivity (Wildman–Crippen MR) is 62.0 cm³/mol. The number of benzene rings is 1. The minimum Gasteiger partial charge on any atom is -0.462 e. The van der Waals surface area contributed by atoms with Crippen molar-refractivity contribution in [1.82, 2.24) is 0 Å². The normalized spacial score (nSPS) is 9.94. The summed E-state index contributed by atoms with van der Waals surface area (Å²) in [5.41, 5.74) is 0.609. The van der Waals surface area contributed by atoms with Gasteiger partial charge < -0.3 is 4.74 Å². The van der Waals surface area contributed by atoms with Crippen LogP contribution in [0.4, 0.5) is 0 Å². The van der Waals surface area contributed by atoms with Gasteiger partial charge in [-0.25, -0.2) is 4.79 Å². The molecule has 3 nitrogen and oxygen atoms in total. The SMILES string of the molecule is CCOC(=O)c1cccc(C(=O)CC)c1Cl. The van der Waals surface area contributed by atoms with Crippen molar-refractivity contribution in [2.24, 2.45) is 0 Å². The molecule has 0 unspecified atom stereocenters. The van der Waals surface area contributed by atoms with Crippen LogP contribution in [-0.2, 0) is 4.74 Å². The van der Waals surface area contributed by atoms with Crippen LogP contribution in [0.25, 0.3) is 0 Å². The number of ketones is 1. The number of hydrogen-bond donors (Lipinski definition) is 0. The van der Waals surface area contributed by atoms with E-state index in [1.807, 2.05) is 0 Å². The lowest BCUT2D eigenvalue weighted by atomic mass is 10.1. The number of halogens is 1. The fraction of sp³-hybridized carbons (Fsp3) is 0.333. The van der Waals surface area contributed by atoms with Gasteiger partial charge >= 0.3 is 5.97 Å². The Balaban J connectivity index is 3.13.